The number of carbonyl (C=O) groups excluding carboxylic acids is 1. The molecule has 2 aromatic heterocycles. The van der Waals surface area contributed by atoms with E-state index in [0.29, 0.717) is 0 Å². The highest BCUT2D eigenvalue weighted by Crippen LogP contribution is 2.21. The Bertz CT molecular complexity index is 1070. The second-order valence-corrected chi connectivity index (χ2v) is 6.89. The fraction of sp³-hybridized carbons (Fsp3) is 0.150. The first-order valence-electron chi connectivity index (χ1n) is 8.53. The van der Waals surface area contributed by atoms with Crippen molar-refractivity contribution >= 4 is 39.2 Å². The van der Waals surface area contributed by atoms with Gasteiger partial charge in [0.1, 0.15) is 19.0 Å². The number of hydrogen-bond acceptors (Lipinski definition) is 6. The van der Waals surface area contributed by atoms with Crippen molar-refractivity contribution in [2.24, 2.45) is 0 Å². The van der Waals surface area contributed by atoms with Crippen LogP contribution in [-0.2, 0) is 22.7 Å². The minimum atomic E-state index is -0.313. The number of nitrogens with one attached hydrogen (secondary N) is 1. The van der Waals surface area contributed by atoms with Gasteiger partial charge in [0.05, 0.1) is 16.7 Å². The lowest BCUT2D eigenvalue weighted by molar-refractivity contribution is -0.145. The van der Waals surface area contributed by atoms with Crippen molar-refractivity contribution < 1.29 is 9.53 Å². The molecule has 4 aromatic rings. The molecule has 1 N–H and O–H groups in total. The number of aryl methyl sites for hydroxylation is 1. The van der Waals surface area contributed by atoms with Gasteiger partial charge in [0, 0.05) is 11.1 Å². The van der Waals surface area contributed by atoms with Crippen molar-refractivity contribution in [1.29, 1.82) is 0 Å². The number of carbonyl (C=O) groups is 1. The summed E-state index contributed by atoms with van der Waals surface area (Å²) in [5.41, 5.74) is 3.49. The van der Waals surface area contributed by atoms with Crippen LogP contribution in [0.2, 0.25) is 0 Å². The lowest BCUT2D eigenvalue weighted by Gasteiger charge is -2.07. The van der Waals surface area contributed by atoms with Gasteiger partial charge in [-0.3, -0.25) is 4.79 Å². The van der Waals surface area contributed by atoms with Crippen LogP contribution in [0, 0.1) is 6.92 Å². The Morgan fingerprint density at radius 1 is 1.11 bits per heavy atom. The molecule has 0 amide bonds. The van der Waals surface area contributed by atoms with Crippen LogP contribution in [0.4, 0.5) is 10.8 Å². The van der Waals surface area contributed by atoms with E-state index in [2.05, 4.69) is 15.3 Å². The summed E-state index contributed by atoms with van der Waals surface area (Å²) in [6.45, 7) is 2.17. The lowest BCUT2D eigenvalue weighted by atomic mass is 10.3. The van der Waals surface area contributed by atoms with Gasteiger partial charge in [0.25, 0.3) is 0 Å². The van der Waals surface area contributed by atoms with Gasteiger partial charge < -0.3 is 14.6 Å². The lowest BCUT2D eigenvalue weighted by Crippen LogP contribution is -2.14. The van der Waals surface area contributed by atoms with Gasteiger partial charge in [-0.2, -0.15) is 0 Å². The number of thiazole rings is 1. The molecule has 6 nitrogen and oxygen atoms in total. The molecule has 4 rings (SSSR count). The standard InChI is InChI=1S/C20H18N4O2S/c1-14-21-17-9-5-6-10-18(17)24(14)11-19(25)26-12-16-13-27-20(23-16)22-15-7-3-2-4-8-15/h2-10,13H,11-12H2,1H3,(H,22,23). The number of ether oxygens (including phenoxy) is 1. The van der Waals surface area contributed by atoms with Crippen molar-refractivity contribution in [3.63, 3.8) is 0 Å². The van der Waals surface area contributed by atoms with E-state index in [9.17, 15) is 4.79 Å². The molecule has 0 fully saturated rings. The Hall–Kier alpha value is -3.19. The van der Waals surface area contributed by atoms with E-state index < -0.39 is 0 Å². The summed E-state index contributed by atoms with van der Waals surface area (Å²) in [4.78, 5) is 21.2. The molecule has 0 aliphatic heterocycles. The second-order valence-electron chi connectivity index (χ2n) is 6.03. The first kappa shape index (κ1) is 17.2. The molecular weight excluding hydrogens is 360 g/mol. The number of fused-ring (bicyclic) bond motifs is 1. The van der Waals surface area contributed by atoms with Crippen molar-refractivity contribution in [3.05, 3.63) is 71.5 Å². The molecule has 2 heterocycles. The van der Waals surface area contributed by atoms with E-state index >= 15 is 0 Å². The van der Waals surface area contributed by atoms with E-state index in [4.69, 9.17) is 4.74 Å². The van der Waals surface area contributed by atoms with Crippen molar-refractivity contribution in [1.82, 2.24) is 14.5 Å². The molecule has 0 bridgehead atoms. The third kappa shape index (κ3) is 3.98. The monoisotopic (exact) mass is 378 g/mol. The maximum absolute atomic E-state index is 12.3. The Kier molecular flexibility index (Phi) is 4.84. The first-order chi connectivity index (χ1) is 13.2. The van der Waals surface area contributed by atoms with Crippen LogP contribution in [-0.4, -0.2) is 20.5 Å². The van der Waals surface area contributed by atoms with Crippen LogP contribution in [0.15, 0.2) is 60.0 Å². The molecule has 27 heavy (non-hydrogen) atoms. The number of benzene rings is 2. The summed E-state index contributed by atoms with van der Waals surface area (Å²) in [5.74, 6) is 0.475. The molecule has 0 saturated carbocycles. The molecular formula is C20H18N4O2S. The van der Waals surface area contributed by atoms with Gasteiger partial charge in [-0.15, -0.1) is 11.3 Å². The zero-order valence-electron chi connectivity index (χ0n) is 14.8. The zero-order chi connectivity index (χ0) is 18.6. The molecule has 2 aromatic carbocycles. The number of nitrogens with zero attached hydrogens (tertiary/aromatic N) is 3. The molecule has 0 atom stereocenters. The van der Waals surface area contributed by atoms with Crippen molar-refractivity contribution in [3.8, 4) is 0 Å². The first-order valence-corrected chi connectivity index (χ1v) is 9.41. The minimum absolute atomic E-state index is 0.131. The van der Waals surface area contributed by atoms with Gasteiger partial charge in [0.2, 0.25) is 0 Å². The number of hydrogen-bond donors (Lipinski definition) is 1. The highest BCUT2D eigenvalue weighted by atomic mass is 32.1. The smallest absolute Gasteiger partial charge is 0.326 e. The van der Waals surface area contributed by atoms with E-state index in [1.165, 1.54) is 11.3 Å². The normalized spacial score (nSPS) is 10.9. The Labute approximate surface area is 160 Å². The molecule has 0 aliphatic carbocycles. The predicted octanol–water partition coefficient (Wildman–Crippen LogP) is 4.29. The second kappa shape index (κ2) is 7.59. The molecule has 0 radical (unpaired) electrons. The van der Waals surface area contributed by atoms with Crippen LogP contribution in [0.5, 0.6) is 0 Å². The number of aromatic nitrogens is 3. The summed E-state index contributed by atoms with van der Waals surface area (Å²) in [7, 11) is 0. The third-order valence-corrected chi connectivity index (χ3v) is 4.90. The van der Waals surface area contributed by atoms with Gasteiger partial charge in [-0.25, -0.2) is 9.97 Å². The number of imidazole rings is 1. The predicted molar refractivity (Wildman–Crippen MR) is 106 cm³/mol. The van der Waals surface area contributed by atoms with Gasteiger partial charge in [-0.05, 0) is 31.2 Å². The average molecular weight is 378 g/mol. The molecule has 0 aliphatic rings. The average Bonchev–Trinajstić information content (AvgIpc) is 3.25. The van der Waals surface area contributed by atoms with Crippen LogP contribution < -0.4 is 5.32 Å². The summed E-state index contributed by atoms with van der Waals surface area (Å²) in [6, 6.07) is 17.6. The molecule has 7 heteroatoms. The van der Waals surface area contributed by atoms with Crippen molar-refractivity contribution in [2.75, 3.05) is 5.32 Å². The molecule has 0 unspecified atom stereocenters. The maximum atomic E-state index is 12.3. The number of rotatable bonds is 6. The summed E-state index contributed by atoms with van der Waals surface area (Å²) in [6.07, 6.45) is 0. The van der Waals surface area contributed by atoms with Crippen LogP contribution >= 0.6 is 11.3 Å². The molecule has 0 saturated heterocycles. The van der Waals surface area contributed by atoms with E-state index in [0.717, 1.165) is 33.4 Å². The maximum Gasteiger partial charge on any atom is 0.326 e. The SMILES string of the molecule is Cc1nc2ccccc2n1CC(=O)OCc1csc(Nc2ccccc2)n1. The Balaban J connectivity index is 1.36. The fourth-order valence-corrected chi connectivity index (χ4v) is 3.52. The topological polar surface area (TPSA) is 69.0 Å². The van der Waals surface area contributed by atoms with E-state index in [1.807, 2.05) is 71.5 Å². The highest BCUT2D eigenvalue weighted by molar-refractivity contribution is 7.13. The van der Waals surface area contributed by atoms with Crippen molar-refractivity contribution in [2.45, 2.75) is 20.1 Å². The summed E-state index contributed by atoms with van der Waals surface area (Å²) >= 11 is 1.48. The largest absolute Gasteiger partial charge is 0.458 e. The third-order valence-electron chi connectivity index (χ3n) is 4.09. The van der Waals surface area contributed by atoms with E-state index in [-0.39, 0.29) is 19.1 Å². The summed E-state index contributed by atoms with van der Waals surface area (Å²) < 4.78 is 7.26. The Morgan fingerprint density at radius 2 is 1.89 bits per heavy atom. The van der Waals surface area contributed by atoms with E-state index in [1.54, 1.807) is 0 Å². The molecule has 0 spiro atoms. The summed E-state index contributed by atoms with van der Waals surface area (Å²) in [5, 5.41) is 5.88. The van der Waals surface area contributed by atoms with Crippen LogP contribution in [0.25, 0.3) is 11.0 Å². The number of esters is 1. The van der Waals surface area contributed by atoms with Crippen LogP contribution in [0.3, 0.4) is 0 Å². The Morgan fingerprint density at radius 3 is 2.74 bits per heavy atom. The quantitative estimate of drug-likeness (QED) is 0.507. The van der Waals surface area contributed by atoms with Crippen LogP contribution in [0.1, 0.15) is 11.5 Å². The number of anilines is 2. The van der Waals surface area contributed by atoms with Gasteiger partial charge in [0.15, 0.2) is 5.13 Å². The molecule has 136 valence electrons. The zero-order valence-corrected chi connectivity index (χ0v) is 15.6. The fourth-order valence-electron chi connectivity index (χ4n) is 2.80. The van der Waals surface area contributed by atoms with Gasteiger partial charge >= 0.3 is 5.97 Å². The number of para-hydroxylation sites is 3. The highest BCUT2D eigenvalue weighted by Gasteiger charge is 2.12. The van der Waals surface area contributed by atoms with Gasteiger partial charge in [-0.1, -0.05) is 30.3 Å². The minimum Gasteiger partial charge on any atom is -0.458 e.